The first-order valence-corrected chi connectivity index (χ1v) is 8.04. The van der Waals surface area contributed by atoms with Gasteiger partial charge in [0.2, 0.25) is 0 Å². The van der Waals surface area contributed by atoms with Gasteiger partial charge >= 0.3 is 65.9 Å². The molecule has 0 fully saturated rings. The number of rotatable bonds is 0. The Morgan fingerprint density at radius 2 is 0.500 bits per heavy atom. The molecule has 0 heterocycles. The van der Waals surface area contributed by atoms with Gasteiger partial charge in [-0.1, -0.05) is 0 Å². The summed E-state index contributed by atoms with van der Waals surface area (Å²) in [6.07, 6.45) is 0. The molecule has 10 nitrogen and oxygen atoms in total. The van der Waals surface area contributed by atoms with Crippen LogP contribution in [0.3, 0.4) is 0 Å². The van der Waals surface area contributed by atoms with Gasteiger partial charge in [0.05, 0.1) is 0 Å². The zero-order valence-corrected chi connectivity index (χ0v) is 15.6. The van der Waals surface area contributed by atoms with Crippen LogP contribution in [-0.4, -0.2) is 60.9 Å². The van der Waals surface area contributed by atoms with Crippen LogP contribution in [0.25, 0.3) is 0 Å². The summed E-state index contributed by atoms with van der Waals surface area (Å²) in [5.74, 6) is 0. The smallest absolute Gasteiger partial charge is 0.741 e. The second-order valence-electron chi connectivity index (χ2n) is 2.70. The zero-order chi connectivity index (χ0) is 21.0. The van der Waals surface area contributed by atoms with Gasteiger partial charge in [0, 0.05) is 0 Å². The van der Waals surface area contributed by atoms with Crippen LogP contribution in [0.15, 0.2) is 0 Å². The summed E-state index contributed by atoms with van der Waals surface area (Å²) in [4.78, 5) is 0. The van der Waals surface area contributed by atoms with Crippen LogP contribution in [0.5, 0.6) is 0 Å². The van der Waals surface area contributed by atoms with E-state index < -0.39 is 46.9 Å². The molecule has 0 radical (unpaired) electrons. The summed E-state index contributed by atoms with van der Waals surface area (Å²) in [7, 11) is -18.3. The van der Waals surface area contributed by atoms with Crippen molar-refractivity contribution in [2.24, 2.45) is 0 Å². The van der Waals surface area contributed by atoms with Crippen LogP contribution in [0.4, 0.5) is 39.5 Å². The molecule has 26 heavy (non-hydrogen) atoms. The van der Waals surface area contributed by atoms with Crippen LogP contribution in [-0.2, 0) is 30.4 Å². The Balaban J connectivity index is -0.0000000817. The van der Waals surface area contributed by atoms with Gasteiger partial charge < -0.3 is 19.1 Å². The van der Waals surface area contributed by atoms with Crippen LogP contribution < -0.4 is 0 Å². The fourth-order valence-corrected chi connectivity index (χ4v) is 0. The quantitative estimate of drug-likeness (QED) is 0.192. The van der Waals surface area contributed by atoms with Gasteiger partial charge in [-0.2, -0.15) is 39.5 Å². The Kier molecular flexibility index (Phi) is 16.7. The third-order valence-corrected chi connectivity index (χ3v) is 2.55. The molecular formula is C3H2EuF9O10S3. The molecule has 0 aromatic heterocycles. The van der Waals surface area contributed by atoms with Crippen molar-refractivity contribution in [3.8, 4) is 0 Å². The molecule has 0 saturated heterocycles. The third kappa shape index (κ3) is 18.0. The fourth-order valence-electron chi connectivity index (χ4n) is 0. The zero-order valence-electron chi connectivity index (χ0n) is 10.7. The molecule has 0 unspecified atom stereocenters. The summed E-state index contributed by atoms with van der Waals surface area (Å²) < 4.78 is 177. The minimum atomic E-state index is -6.09. The number of hydrogen-bond donors (Lipinski definition) is 0. The molecule has 0 aromatic carbocycles. The largest absolute Gasteiger partial charge is 3.00 e. The van der Waals surface area contributed by atoms with E-state index in [9.17, 15) is 39.5 Å². The van der Waals surface area contributed by atoms with E-state index in [1.54, 1.807) is 0 Å². The van der Waals surface area contributed by atoms with Crippen molar-refractivity contribution in [2.75, 3.05) is 0 Å². The topological polar surface area (TPSA) is 203 Å². The minimum absolute atomic E-state index is 0. The average Bonchev–Trinajstić information content (AvgIpc) is 2.08. The first-order valence-electron chi connectivity index (χ1n) is 3.81. The van der Waals surface area contributed by atoms with Crippen molar-refractivity contribution in [1.29, 1.82) is 0 Å². The van der Waals surface area contributed by atoms with Crippen molar-refractivity contribution in [1.82, 2.24) is 0 Å². The van der Waals surface area contributed by atoms with Gasteiger partial charge in [-0.05, 0) is 0 Å². The second kappa shape index (κ2) is 11.6. The van der Waals surface area contributed by atoms with Crippen molar-refractivity contribution in [3.63, 3.8) is 0 Å². The van der Waals surface area contributed by atoms with E-state index in [2.05, 4.69) is 0 Å². The van der Waals surface area contributed by atoms with Crippen molar-refractivity contribution in [3.05, 3.63) is 0 Å². The van der Waals surface area contributed by atoms with Gasteiger partial charge in [0.1, 0.15) is 0 Å². The van der Waals surface area contributed by atoms with E-state index in [0.717, 1.165) is 0 Å². The molecule has 0 aromatic rings. The van der Waals surface area contributed by atoms with Crippen molar-refractivity contribution in [2.45, 2.75) is 16.5 Å². The maximum atomic E-state index is 10.7. The Morgan fingerprint density at radius 3 is 0.500 bits per heavy atom. The molecule has 162 valence electrons. The number of hydrogen-bond acceptors (Lipinski definition) is 9. The molecule has 0 spiro atoms. The van der Waals surface area contributed by atoms with Crippen LogP contribution in [0.2, 0.25) is 0 Å². The Morgan fingerprint density at radius 1 is 0.462 bits per heavy atom. The standard InChI is InChI=1S/3CHF3O3S.Eu.H2O/c3*2-1(3,4)8(5,6)7;;/h3*(H,5,6,7);;1H2/q;;;+3;/p-3. The summed E-state index contributed by atoms with van der Waals surface area (Å²) in [5, 5.41) is 0. The van der Waals surface area contributed by atoms with E-state index >= 15 is 0 Å². The summed E-state index contributed by atoms with van der Waals surface area (Å²) in [6.45, 7) is 0. The maximum Gasteiger partial charge on any atom is 3.00 e. The van der Waals surface area contributed by atoms with E-state index in [-0.39, 0.29) is 54.9 Å². The Hall–Kier alpha value is 0.644. The normalized spacial score (nSPS) is 12.9. The molecule has 0 atom stereocenters. The van der Waals surface area contributed by atoms with Gasteiger partial charge in [-0.15, -0.1) is 0 Å². The molecule has 0 bridgehead atoms. The summed E-state index contributed by atoms with van der Waals surface area (Å²) in [5.41, 5.74) is -16.9. The molecular weight excluding hydrogens is 615 g/mol. The fraction of sp³-hybridized carbons (Fsp3) is 1.00. The van der Waals surface area contributed by atoms with E-state index in [0.29, 0.717) is 0 Å². The first kappa shape index (κ1) is 37.4. The minimum Gasteiger partial charge on any atom is -0.741 e. The van der Waals surface area contributed by atoms with E-state index in [4.69, 9.17) is 38.9 Å². The molecule has 0 rings (SSSR count). The van der Waals surface area contributed by atoms with Crippen LogP contribution >= 0.6 is 0 Å². The first-order chi connectivity index (χ1) is 9.75. The monoisotopic (exact) mass is 618 g/mol. The molecule has 2 N–H and O–H groups in total. The SMILES string of the molecule is O.O=S(=O)([O-])C(F)(F)F.O=S(=O)([O-])C(F)(F)F.O=S(=O)([O-])C(F)(F)F.[Eu+3]. The van der Waals surface area contributed by atoms with Gasteiger partial charge in [0.25, 0.3) is 0 Å². The number of alkyl halides is 9. The van der Waals surface area contributed by atoms with Crippen LogP contribution in [0, 0.1) is 49.4 Å². The van der Waals surface area contributed by atoms with Crippen LogP contribution in [0.1, 0.15) is 0 Å². The predicted molar refractivity (Wildman–Crippen MR) is 50.9 cm³/mol. The molecule has 0 aliphatic heterocycles. The van der Waals surface area contributed by atoms with E-state index in [1.807, 2.05) is 0 Å². The van der Waals surface area contributed by atoms with Gasteiger partial charge in [0.15, 0.2) is 30.4 Å². The average molecular weight is 617 g/mol. The van der Waals surface area contributed by atoms with Crippen molar-refractivity contribution >= 4 is 30.4 Å². The Labute approximate surface area is 178 Å². The second-order valence-corrected chi connectivity index (χ2v) is 6.81. The summed E-state index contributed by atoms with van der Waals surface area (Å²) >= 11 is 0. The molecule has 23 heteroatoms. The molecule has 0 aliphatic carbocycles. The van der Waals surface area contributed by atoms with Gasteiger partial charge in [-0.25, -0.2) is 25.3 Å². The predicted octanol–water partition coefficient (Wildman–Crippen LogP) is -0.670. The Bertz CT molecular complexity index is 598. The summed E-state index contributed by atoms with van der Waals surface area (Å²) in [6, 6.07) is 0. The van der Waals surface area contributed by atoms with Gasteiger partial charge in [-0.3, -0.25) is 0 Å². The van der Waals surface area contributed by atoms with Crippen molar-refractivity contribution < 1.29 is 133 Å². The molecule has 0 saturated carbocycles. The third-order valence-electron chi connectivity index (χ3n) is 0.850. The van der Waals surface area contributed by atoms with E-state index in [1.165, 1.54) is 0 Å². The molecule has 0 aliphatic rings. The molecule has 0 amide bonds. The number of halogens is 9. The maximum absolute atomic E-state index is 10.7.